The Morgan fingerprint density at radius 2 is 1.94 bits per heavy atom. The van der Waals surface area contributed by atoms with Crippen molar-refractivity contribution >= 4 is 39.9 Å². The van der Waals surface area contributed by atoms with E-state index in [1.165, 1.54) is 6.07 Å². The minimum atomic E-state index is -1.13. The second-order valence-electron chi connectivity index (χ2n) is 8.20. The summed E-state index contributed by atoms with van der Waals surface area (Å²) in [5, 5.41) is 13.2. The Morgan fingerprint density at radius 3 is 2.58 bits per heavy atom. The van der Waals surface area contributed by atoms with Crippen LogP contribution in [0.4, 0.5) is 21.8 Å². The van der Waals surface area contributed by atoms with Gasteiger partial charge in [-0.3, -0.25) is 4.21 Å². The molecule has 3 heterocycles. The second-order valence-corrected chi connectivity index (χ2v) is 10.1. The van der Waals surface area contributed by atoms with E-state index >= 15 is 0 Å². The first-order chi connectivity index (χ1) is 14.9. The fourth-order valence-electron chi connectivity index (χ4n) is 3.87. The van der Waals surface area contributed by atoms with E-state index in [2.05, 4.69) is 15.1 Å². The fourth-order valence-corrected chi connectivity index (χ4v) is 5.30. The minimum absolute atomic E-state index is 0.0330. The Kier molecular flexibility index (Phi) is 6.64. The number of aliphatic hydroxyl groups is 1. The van der Waals surface area contributed by atoms with E-state index in [0.717, 1.165) is 11.4 Å². The molecule has 168 valence electrons. The maximum Gasteiger partial charge on any atom is 0.227 e. The maximum absolute atomic E-state index is 13.8. The molecule has 7 nitrogen and oxygen atoms in total. The average molecular weight is 468 g/mol. The van der Waals surface area contributed by atoms with Gasteiger partial charge in [0.15, 0.2) is 0 Å². The number of fused-ring (bicyclic) bond motifs is 1. The lowest BCUT2D eigenvalue weighted by Crippen LogP contribution is -2.47. The number of anilines is 3. The zero-order valence-electron chi connectivity index (χ0n) is 17.6. The molecular weight excluding hydrogens is 441 g/mol. The molecule has 1 aromatic heterocycles. The summed E-state index contributed by atoms with van der Waals surface area (Å²) in [5.41, 5.74) is 1.62. The molecule has 0 spiro atoms. The molecule has 2 unspecified atom stereocenters. The van der Waals surface area contributed by atoms with E-state index in [4.69, 9.17) is 21.6 Å². The Hall–Kier alpha value is -1.97. The van der Waals surface area contributed by atoms with Crippen LogP contribution < -0.4 is 15.1 Å². The van der Waals surface area contributed by atoms with Crippen LogP contribution in [-0.4, -0.2) is 63.9 Å². The van der Waals surface area contributed by atoms with Crippen LogP contribution in [0.25, 0.3) is 0 Å². The molecule has 2 aliphatic rings. The lowest BCUT2D eigenvalue weighted by atomic mass is 10.1. The molecule has 31 heavy (non-hydrogen) atoms. The molecular formula is C21H27ClFN5O2S. The highest BCUT2D eigenvalue weighted by atomic mass is 35.5. The molecule has 0 saturated carbocycles. The van der Waals surface area contributed by atoms with E-state index in [0.29, 0.717) is 55.0 Å². The second kappa shape index (κ2) is 9.26. The monoisotopic (exact) mass is 467 g/mol. The summed E-state index contributed by atoms with van der Waals surface area (Å²) in [6, 6.07) is 4.68. The van der Waals surface area contributed by atoms with Gasteiger partial charge >= 0.3 is 0 Å². The largest absolute Gasteiger partial charge is 0.394 e. The van der Waals surface area contributed by atoms with Gasteiger partial charge in [0.25, 0.3) is 0 Å². The van der Waals surface area contributed by atoms with Gasteiger partial charge in [0, 0.05) is 44.0 Å². The highest BCUT2D eigenvalue weighted by molar-refractivity contribution is 7.85. The van der Waals surface area contributed by atoms with Crippen LogP contribution in [0, 0.1) is 11.7 Å². The molecule has 0 radical (unpaired) electrons. The summed E-state index contributed by atoms with van der Waals surface area (Å²) in [5.74, 6) is 1.48. The summed E-state index contributed by atoms with van der Waals surface area (Å²) in [4.78, 5) is 14.3. The van der Waals surface area contributed by atoms with Crippen LogP contribution in [0.15, 0.2) is 23.1 Å². The quantitative estimate of drug-likeness (QED) is 0.676. The van der Waals surface area contributed by atoms with Crippen molar-refractivity contribution in [2.75, 3.05) is 53.7 Å². The van der Waals surface area contributed by atoms with Gasteiger partial charge in [0.2, 0.25) is 5.95 Å². The van der Waals surface area contributed by atoms with Crippen molar-refractivity contribution in [3.05, 3.63) is 34.7 Å². The van der Waals surface area contributed by atoms with Crippen LogP contribution >= 0.6 is 11.6 Å². The molecule has 1 aromatic carbocycles. The normalized spacial score (nSPS) is 19.6. The first-order valence-corrected chi connectivity index (χ1v) is 12.2. The summed E-state index contributed by atoms with van der Waals surface area (Å²) in [6.45, 7) is 6.76. The van der Waals surface area contributed by atoms with Crippen molar-refractivity contribution in [1.29, 1.82) is 0 Å². The zero-order valence-corrected chi connectivity index (χ0v) is 19.2. The van der Waals surface area contributed by atoms with E-state index in [-0.39, 0.29) is 23.6 Å². The van der Waals surface area contributed by atoms with Gasteiger partial charge in [-0.2, -0.15) is 4.98 Å². The van der Waals surface area contributed by atoms with Crippen molar-refractivity contribution < 1.29 is 13.7 Å². The molecule has 0 amide bonds. The number of benzene rings is 1. The van der Waals surface area contributed by atoms with Gasteiger partial charge in [-0.25, -0.2) is 9.37 Å². The lowest BCUT2D eigenvalue weighted by Gasteiger charge is -2.36. The Labute approximate surface area is 189 Å². The highest BCUT2D eigenvalue weighted by Crippen LogP contribution is 2.31. The molecule has 1 saturated heterocycles. The van der Waals surface area contributed by atoms with Gasteiger partial charge in [-0.1, -0.05) is 25.4 Å². The topological polar surface area (TPSA) is 81.6 Å². The molecule has 1 fully saturated rings. The molecule has 4 rings (SSSR count). The Balaban J connectivity index is 1.54. The molecule has 2 atom stereocenters. The summed E-state index contributed by atoms with van der Waals surface area (Å²) in [6.07, 6.45) is 0.654. The van der Waals surface area contributed by atoms with E-state index in [9.17, 15) is 13.7 Å². The predicted molar refractivity (Wildman–Crippen MR) is 122 cm³/mol. The zero-order chi connectivity index (χ0) is 22.1. The van der Waals surface area contributed by atoms with Gasteiger partial charge in [0.1, 0.15) is 16.5 Å². The number of aromatic nitrogens is 2. The number of aryl methyl sites for hydroxylation is 1. The number of rotatable bonds is 6. The summed E-state index contributed by atoms with van der Waals surface area (Å²) in [7, 11) is -1.13. The molecule has 10 heteroatoms. The van der Waals surface area contributed by atoms with Crippen molar-refractivity contribution in [3.63, 3.8) is 0 Å². The third-order valence-corrected chi connectivity index (χ3v) is 7.60. The van der Waals surface area contributed by atoms with Crippen LogP contribution in [0.5, 0.6) is 0 Å². The molecule has 0 aliphatic carbocycles. The SMILES string of the molecule is CC(C)C(CO)Nc1nc(N2CCN(c3ccc(Cl)c(F)c3)CC2)nc2c1S(=O)CC2. The first kappa shape index (κ1) is 22.2. The molecule has 2 N–H and O–H groups in total. The summed E-state index contributed by atoms with van der Waals surface area (Å²) >= 11 is 5.80. The highest BCUT2D eigenvalue weighted by Gasteiger charge is 2.29. The van der Waals surface area contributed by atoms with Crippen LogP contribution in [-0.2, 0) is 17.2 Å². The maximum atomic E-state index is 13.8. The third kappa shape index (κ3) is 4.63. The van der Waals surface area contributed by atoms with Crippen molar-refractivity contribution in [2.45, 2.75) is 31.2 Å². The fraction of sp³-hybridized carbons (Fsp3) is 0.524. The van der Waals surface area contributed by atoms with Gasteiger partial charge in [-0.15, -0.1) is 0 Å². The average Bonchev–Trinajstić information content (AvgIpc) is 3.14. The predicted octanol–water partition coefficient (Wildman–Crippen LogP) is 2.69. The van der Waals surface area contributed by atoms with Gasteiger partial charge < -0.3 is 20.2 Å². The number of aliphatic hydroxyl groups excluding tert-OH is 1. The smallest absolute Gasteiger partial charge is 0.227 e. The number of nitrogens with zero attached hydrogens (tertiary/aromatic N) is 4. The number of halogens is 2. The lowest BCUT2D eigenvalue weighted by molar-refractivity contribution is 0.249. The van der Waals surface area contributed by atoms with E-state index in [1.807, 2.05) is 19.9 Å². The van der Waals surface area contributed by atoms with Crippen LogP contribution in [0.1, 0.15) is 19.5 Å². The Morgan fingerprint density at radius 1 is 1.23 bits per heavy atom. The van der Waals surface area contributed by atoms with Crippen molar-refractivity contribution in [3.8, 4) is 0 Å². The van der Waals surface area contributed by atoms with Crippen LogP contribution in [0.3, 0.4) is 0 Å². The molecule has 2 aliphatic heterocycles. The van der Waals surface area contributed by atoms with E-state index < -0.39 is 16.6 Å². The third-order valence-electron chi connectivity index (χ3n) is 5.83. The molecule has 2 aromatic rings. The number of hydrogen-bond acceptors (Lipinski definition) is 7. The van der Waals surface area contributed by atoms with Gasteiger partial charge in [-0.05, 0) is 24.1 Å². The summed E-state index contributed by atoms with van der Waals surface area (Å²) < 4.78 is 26.4. The van der Waals surface area contributed by atoms with Gasteiger partial charge in [0.05, 0.1) is 34.2 Å². The van der Waals surface area contributed by atoms with Crippen molar-refractivity contribution in [1.82, 2.24) is 9.97 Å². The standard InChI is InChI=1S/C21H27ClFN5O2S/c1-13(2)18(12-29)24-20-19-17(5-10-31(19)30)25-21(26-20)28-8-6-27(7-9-28)14-3-4-15(22)16(23)11-14/h3-4,11,13,18,29H,5-10,12H2,1-2H3,(H,24,25,26). The van der Waals surface area contributed by atoms with E-state index in [1.54, 1.807) is 6.07 Å². The molecule has 0 bridgehead atoms. The van der Waals surface area contributed by atoms with Crippen LogP contribution in [0.2, 0.25) is 5.02 Å². The number of hydrogen-bond donors (Lipinski definition) is 2. The first-order valence-electron chi connectivity index (χ1n) is 10.5. The van der Waals surface area contributed by atoms with Crippen molar-refractivity contribution in [2.24, 2.45) is 5.92 Å². The Bertz CT molecular complexity index is 984. The number of piperazine rings is 1. The number of nitrogens with one attached hydrogen (secondary N) is 1. The minimum Gasteiger partial charge on any atom is -0.394 e.